The molecule has 0 aromatic heterocycles. The van der Waals surface area contributed by atoms with E-state index in [0.29, 0.717) is 12.1 Å². The van der Waals surface area contributed by atoms with Gasteiger partial charge in [0.1, 0.15) is 6.54 Å². The van der Waals surface area contributed by atoms with Crippen molar-refractivity contribution in [3.05, 3.63) is 0 Å². The lowest BCUT2D eigenvalue weighted by Crippen LogP contribution is -3.17. The van der Waals surface area contributed by atoms with Crippen molar-refractivity contribution in [2.45, 2.75) is 59.0 Å². The first-order chi connectivity index (χ1) is 7.09. The van der Waals surface area contributed by atoms with Gasteiger partial charge in [0.15, 0.2) is 0 Å². The Morgan fingerprint density at radius 3 is 2.00 bits per heavy atom. The summed E-state index contributed by atoms with van der Waals surface area (Å²) in [6.07, 6.45) is 7.98. The molecule has 1 nitrogen and oxygen atoms in total. The van der Waals surface area contributed by atoms with Gasteiger partial charge in [-0.1, -0.05) is 5.92 Å². The fourth-order valence-electron chi connectivity index (χ4n) is 1.61. The molecule has 0 aliphatic heterocycles. The molecule has 1 N–H and O–H groups in total. The van der Waals surface area contributed by atoms with Gasteiger partial charge in [0.2, 0.25) is 0 Å². The van der Waals surface area contributed by atoms with Crippen LogP contribution in [-0.2, 0) is 0 Å². The fourth-order valence-corrected chi connectivity index (χ4v) is 1.61. The summed E-state index contributed by atoms with van der Waals surface area (Å²) in [5, 5.41) is 0. The Morgan fingerprint density at radius 1 is 1.00 bits per heavy atom. The Labute approximate surface area is 107 Å². The maximum atomic E-state index is 5.17. The van der Waals surface area contributed by atoms with Crippen molar-refractivity contribution in [3.8, 4) is 24.2 Å². The summed E-state index contributed by atoms with van der Waals surface area (Å²) in [6.45, 7) is 9.93. The monoisotopic (exact) mass is 241 g/mol. The van der Waals surface area contributed by atoms with E-state index < -0.39 is 0 Å². The molecule has 0 saturated carbocycles. The molecule has 0 amide bonds. The molecule has 0 unspecified atom stereocenters. The van der Waals surface area contributed by atoms with E-state index >= 15 is 0 Å². The molecule has 0 radical (unpaired) electrons. The van der Waals surface area contributed by atoms with Crippen LogP contribution in [0.1, 0.15) is 47.0 Å². The third kappa shape index (κ3) is 8.66. The zero-order valence-corrected chi connectivity index (χ0v) is 11.7. The SMILES string of the molecule is C#CCCCC#CC[NH+](C(C)C)C(C)C.[Cl-]. The number of quaternary nitrogens is 1. The predicted octanol–water partition coefficient (Wildman–Crippen LogP) is -1.50. The number of hydrogen-bond acceptors (Lipinski definition) is 0. The van der Waals surface area contributed by atoms with E-state index in [9.17, 15) is 0 Å². The number of hydrogen-bond donors (Lipinski definition) is 1. The molecule has 0 saturated heterocycles. The summed E-state index contributed by atoms with van der Waals surface area (Å²) >= 11 is 0. The van der Waals surface area contributed by atoms with Crippen LogP contribution >= 0.6 is 0 Å². The Morgan fingerprint density at radius 2 is 1.56 bits per heavy atom. The van der Waals surface area contributed by atoms with Crippen LogP contribution in [0.25, 0.3) is 0 Å². The zero-order chi connectivity index (χ0) is 11.7. The molecule has 92 valence electrons. The molecule has 0 heterocycles. The third-order valence-corrected chi connectivity index (χ3v) is 2.52. The highest BCUT2D eigenvalue weighted by Gasteiger charge is 2.14. The van der Waals surface area contributed by atoms with E-state index in [2.05, 4.69) is 45.5 Å². The molecule has 0 bridgehead atoms. The van der Waals surface area contributed by atoms with Gasteiger partial charge in [0.25, 0.3) is 0 Å². The Kier molecular flexibility index (Phi) is 12.1. The van der Waals surface area contributed by atoms with Crippen LogP contribution < -0.4 is 17.3 Å². The first-order valence-corrected chi connectivity index (χ1v) is 5.84. The molecule has 0 aliphatic carbocycles. The maximum Gasteiger partial charge on any atom is 0.139 e. The van der Waals surface area contributed by atoms with Crippen LogP contribution in [0.3, 0.4) is 0 Å². The first kappa shape index (κ1) is 17.8. The average molecular weight is 242 g/mol. The summed E-state index contributed by atoms with van der Waals surface area (Å²) in [5.41, 5.74) is 0. The van der Waals surface area contributed by atoms with Crippen molar-refractivity contribution < 1.29 is 17.3 Å². The molecule has 2 heteroatoms. The van der Waals surface area contributed by atoms with Crippen molar-refractivity contribution in [2.75, 3.05) is 6.54 Å². The van der Waals surface area contributed by atoms with Gasteiger partial charge in [0.05, 0.1) is 12.1 Å². The van der Waals surface area contributed by atoms with Crippen molar-refractivity contribution in [1.29, 1.82) is 0 Å². The molecule has 0 aromatic rings. The van der Waals surface area contributed by atoms with E-state index in [1.165, 1.54) is 0 Å². The van der Waals surface area contributed by atoms with E-state index in [1.54, 1.807) is 4.90 Å². The zero-order valence-electron chi connectivity index (χ0n) is 10.9. The van der Waals surface area contributed by atoms with E-state index in [0.717, 1.165) is 25.8 Å². The Bertz CT molecular complexity index is 244. The maximum absolute atomic E-state index is 5.17. The van der Waals surface area contributed by atoms with Crippen LogP contribution in [0.5, 0.6) is 0 Å². The van der Waals surface area contributed by atoms with Gasteiger partial charge in [-0.2, -0.15) is 0 Å². The molecule has 0 aliphatic rings. The molecule has 0 rings (SSSR count). The molecular weight excluding hydrogens is 218 g/mol. The topological polar surface area (TPSA) is 4.44 Å². The minimum atomic E-state index is 0. The van der Waals surface area contributed by atoms with Gasteiger partial charge in [-0.05, 0) is 40.0 Å². The summed E-state index contributed by atoms with van der Waals surface area (Å²) in [4.78, 5) is 1.56. The van der Waals surface area contributed by atoms with Crippen LogP contribution in [0.15, 0.2) is 0 Å². The van der Waals surface area contributed by atoms with Crippen molar-refractivity contribution in [2.24, 2.45) is 0 Å². The third-order valence-electron chi connectivity index (χ3n) is 2.52. The standard InChI is InChI=1S/C14H23N.ClH/c1-6-7-8-9-10-11-12-15(13(2)3)14(4)5;/h1,13-14H,7-9,12H2,2-5H3;1H. The summed E-state index contributed by atoms with van der Waals surface area (Å²) in [5.74, 6) is 9.08. The van der Waals surface area contributed by atoms with Crippen molar-refractivity contribution in [3.63, 3.8) is 0 Å². The second-order valence-corrected chi connectivity index (χ2v) is 4.47. The molecule has 0 atom stereocenters. The van der Waals surface area contributed by atoms with Gasteiger partial charge in [-0.3, -0.25) is 0 Å². The minimum absolute atomic E-state index is 0. The van der Waals surface area contributed by atoms with E-state index in [1.807, 2.05) is 0 Å². The lowest BCUT2D eigenvalue weighted by molar-refractivity contribution is -0.935. The molecule has 0 spiro atoms. The van der Waals surface area contributed by atoms with Crippen molar-refractivity contribution in [1.82, 2.24) is 0 Å². The molecule has 16 heavy (non-hydrogen) atoms. The van der Waals surface area contributed by atoms with Gasteiger partial charge in [-0.25, -0.2) is 0 Å². The van der Waals surface area contributed by atoms with Crippen LogP contribution in [0, 0.1) is 24.2 Å². The highest BCUT2D eigenvalue weighted by Crippen LogP contribution is 1.90. The molecule has 0 aromatic carbocycles. The predicted molar refractivity (Wildman–Crippen MR) is 66.6 cm³/mol. The molecule has 0 fully saturated rings. The quantitative estimate of drug-likeness (QED) is 0.442. The second-order valence-electron chi connectivity index (χ2n) is 4.47. The van der Waals surface area contributed by atoms with Gasteiger partial charge in [0, 0.05) is 12.8 Å². The van der Waals surface area contributed by atoms with E-state index in [4.69, 9.17) is 6.42 Å². The number of nitrogens with one attached hydrogen (secondary N) is 1. The lowest BCUT2D eigenvalue weighted by atomic mass is 10.2. The van der Waals surface area contributed by atoms with Gasteiger partial charge in [-0.15, -0.1) is 12.3 Å². The smallest absolute Gasteiger partial charge is 0.139 e. The summed E-state index contributed by atoms with van der Waals surface area (Å²) in [7, 11) is 0. The van der Waals surface area contributed by atoms with E-state index in [-0.39, 0.29) is 12.4 Å². The highest BCUT2D eigenvalue weighted by molar-refractivity contribution is 4.99. The summed E-state index contributed by atoms with van der Waals surface area (Å²) < 4.78 is 0. The number of rotatable bonds is 5. The number of unbranched alkanes of at least 4 members (excludes halogenated alkanes) is 2. The van der Waals surface area contributed by atoms with Gasteiger partial charge < -0.3 is 17.3 Å². The largest absolute Gasteiger partial charge is 1.00 e. The molecular formula is C14H24ClN. The highest BCUT2D eigenvalue weighted by atomic mass is 35.5. The second kappa shape index (κ2) is 10.9. The summed E-state index contributed by atoms with van der Waals surface area (Å²) in [6, 6.07) is 1.29. The first-order valence-electron chi connectivity index (χ1n) is 5.84. The average Bonchev–Trinajstić information content (AvgIpc) is 2.15. The number of halogens is 1. The Balaban J connectivity index is 0. The van der Waals surface area contributed by atoms with Crippen LogP contribution in [0.4, 0.5) is 0 Å². The fraction of sp³-hybridized carbons (Fsp3) is 0.714. The normalized spacial score (nSPS) is 9.62. The lowest BCUT2D eigenvalue weighted by Gasteiger charge is -2.25. The van der Waals surface area contributed by atoms with Crippen LogP contribution in [-0.4, -0.2) is 18.6 Å². The number of terminal acetylenes is 1. The minimum Gasteiger partial charge on any atom is -1.00 e. The van der Waals surface area contributed by atoms with Crippen LogP contribution in [0.2, 0.25) is 0 Å². The van der Waals surface area contributed by atoms with Gasteiger partial charge >= 0.3 is 0 Å². The Hall–Kier alpha value is -0.630. The van der Waals surface area contributed by atoms with Crippen molar-refractivity contribution >= 4 is 0 Å².